The van der Waals surface area contributed by atoms with Gasteiger partial charge in [0.15, 0.2) is 0 Å². The third-order valence-corrected chi connectivity index (χ3v) is 5.32. The van der Waals surface area contributed by atoms with Gasteiger partial charge in [0, 0.05) is 32.3 Å². The number of amides is 1. The Morgan fingerprint density at radius 2 is 1.89 bits per heavy atom. The first-order valence-corrected chi connectivity index (χ1v) is 7.89. The molecule has 1 aliphatic carbocycles. The van der Waals surface area contributed by atoms with Gasteiger partial charge in [-0.3, -0.25) is 4.79 Å². The van der Waals surface area contributed by atoms with Gasteiger partial charge in [0.1, 0.15) is 0 Å². The number of nitrogens with one attached hydrogen (secondary N) is 2. The molecule has 0 bridgehead atoms. The summed E-state index contributed by atoms with van der Waals surface area (Å²) in [4.78, 5) is 12.6. The highest BCUT2D eigenvalue weighted by Crippen LogP contribution is 2.41. The number of rotatable bonds is 2. The summed E-state index contributed by atoms with van der Waals surface area (Å²) in [7, 11) is 0. The molecule has 1 amide bonds. The molecule has 4 heteroatoms. The molecule has 2 saturated heterocycles. The maximum absolute atomic E-state index is 12.6. The summed E-state index contributed by atoms with van der Waals surface area (Å²) in [5, 5.41) is 6.75. The van der Waals surface area contributed by atoms with Crippen molar-refractivity contribution >= 4 is 5.91 Å². The summed E-state index contributed by atoms with van der Waals surface area (Å²) < 4.78 is 5.47. The van der Waals surface area contributed by atoms with Crippen LogP contribution in [0, 0.1) is 11.3 Å². The molecule has 108 valence electrons. The summed E-state index contributed by atoms with van der Waals surface area (Å²) in [6.45, 7) is 3.46. The standard InChI is InChI=1S/C15H26N2O2/c18-14(17-12-4-2-1-3-5-12)13-10-16-11-15(13)6-8-19-9-7-15/h12-13,16H,1-11H2,(H,17,18). The summed E-state index contributed by atoms with van der Waals surface area (Å²) >= 11 is 0. The second-order valence-corrected chi connectivity index (χ2v) is 6.50. The zero-order valence-electron chi connectivity index (χ0n) is 11.7. The number of hydrogen-bond donors (Lipinski definition) is 2. The highest BCUT2D eigenvalue weighted by Gasteiger charge is 2.47. The van der Waals surface area contributed by atoms with E-state index in [0.717, 1.165) is 39.1 Å². The van der Waals surface area contributed by atoms with Crippen LogP contribution >= 0.6 is 0 Å². The monoisotopic (exact) mass is 266 g/mol. The van der Waals surface area contributed by atoms with Crippen LogP contribution in [0.25, 0.3) is 0 Å². The summed E-state index contributed by atoms with van der Waals surface area (Å²) in [5.41, 5.74) is 0.164. The molecule has 0 radical (unpaired) electrons. The van der Waals surface area contributed by atoms with Crippen LogP contribution in [0.2, 0.25) is 0 Å². The molecule has 3 aliphatic rings. The van der Waals surface area contributed by atoms with Crippen LogP contribution in [0.4, 0.5) is 0 Å². The first-order chi connectivity index (χ1) is 9.30. The van der Waals surface area contributed by atoms with Crippen molar-refractivity contribution in [2.75, 3.05) is 26.3 Å². The smallest absolute Gasteiger partial charge is 0.225 e. The Morgan fingerprint density at radius 1 is 1.16 bits per heavy atom. The van der Waals surface area contributed by atoms with E-state index in [1.807, 2.05) is 0 Å². The highest BCUT2D eigenvalue weighted by molar-refractivity contribution is 5.80. The van der Waals surface area contributed by atoms with Crippen LogP contribution in [-0.4, -0.2) is 38.3 Å². The Bertz CT molecular complexity index is 320. The Hall–Kier alpha value is -0.610. The SMILES string of the molecule is O=C(NC1CCCCC1)C1CNCC12CCOCC2. The van der Waals surface area contributed by atoms with E-state index in [4.69, 9.17) is 4.74 Å². The Labute approximate surface area is 115 Å². The van der Waals surface area contributed by atoms with Crippen molar-refractivity contribution < 1.29 is 9.53 Å². The predicted molar refractivity (Wildman–Crippen MR) is 73.9 cm³/mol. The topological polar surface area (TPSA) is 50.4 Å². The van der Waals surface area contributed by atoms with Crippen molar-refractivity contribution in [3.8, 4) is 0 Å². The van der Waals surface area contributed by atoms with Gasteiger partial charge in [-0.05, 0) is 31.1 Å². The molecule has 3 fully saturated rings. The summed E-state index contributed by atoms with van der Waals surface area (Å²) in [6.07, 6.45) is 8.27. The minimum atomic E-state index is 0.151. The molecule has 1 atom stereocenters. The molecule has 0 aromatic carbocycles. The van der Waals surface area contributed by atoms with Crippen LogP contribution < -0.4 is 10.6 Å². The zero-order chi connectivity index (χ0) is 13.1. The van der Waals surface area contributed by atoms with Crippen molar-refractivity contribution in [2.24, 2.45) is 11.3 Å². The van der Waals surface area contributed by atoms with E-state index in [-0.39, 0.29) is 11.3 Å². The Morgan fingerprint density at radius 3 is 2.63 bits per heavy atom. The molecule has 0 aromatic rings. The molecule has 2 N–H and O–H groups in total. The fourth-order valence-electron chi connectivity index (χ4n) is 4.03. The van der Waals surface area contributed by atoms with E-state index in [1.54, 1.807) is 0 Å². The average molecular weight is 266 g/mol. The second kappa shape index (κ2) is 5.80. The molecule has 4 nitrogen and oxygen atoms in total. The van der Waals surface area contributed by atoms with Gasteiger partial charge >= 0.3 is 0 Å². The number of carbonyl (C=O) groups excluding carboxylic acids is 1. The lowest BCUT2D eigenvalue weighted by molar-refractivity contribution is -0.130. The Kier molecular flexibility index (Phi) is 4.08. The van der Waals surface area contributed by atoms with Gasteiger partial charge in [-0.15, -0.1) is 0 Å². The van der Waals surface area contributed by atoms with Gasteiger partial charge < -0.3 is 15.4 Å². The molecule has 1 saturated carbocycles. The number of carbonyl (C=O) groups is 1. The summed E-state index contributed by atoms with van der Waals surface area (Å²) in [5.74, 6) is 0.442. The average Bonchev–Trinajstić information content (AvgIpc) is 2.84. The fraction of sp³-hybridized carbons (Fsp3) is 0.933. The molecule has 3 rings (SSSR count). The lowest BCUT2D eigenvalue weighted by atomic mass is 9.71. The normalized spacial score (nSPS) is 31.5. The molecule has 19 heavy (non-hydrogen) atoms. The van der Waals surface area contributed by atoms with E-state index < -0.39 is 0 Å². The van der Waals surface area contributed by atoms with Gasteiger partial charge in [-0.25, -0.2) is 0 Å². The molecule has 2 heterocycles. The van der Waals surface area contributed by atoms with E-state index in [0.29, 0.717) is 11.9 Å². The van der Waals surface area contributed by atoms with Crippen molar-refractivity contribution in [2.45, 2.75) is 51.0 Å². The molecule has 2 aliphatic heterocycles. The number of hydrogen-bond acceptors (Lipinski definition) is 3. The number of ether oxygens (including phenoxy) is 1. The first kappa shape index (κ1) is 13.4. The van der Waals surface area contributed by atoms with Gasteiger partial charge in [0.25, 0.3) is 0 Å². The maximum atomic E-state index is 12.6. The first-order valence-electron chi connectivity index (χ1n) is 7.89. The molecular formula is C15H26N2O2. The third kappa shape index (κ3) is 2.79. The van der Waals surface area contributed by atoms with Crippen molar-refractivity contribution in [3.63, 3.8) is 0 Å². The highest BCUT2D eigenvalue weighted by atomic mass is 16.5. The van der Waals surface area contributed by atoms with Gasteiger partial charge in [0.2, 0.25) is 5.91 Å². The Balaban J connectivity index is 1.61. The minimum Gasteiger partial charge on any atom is -0.381 e. The fourth-order valence-corrected chi connectivity index (χ4v) is 4.03. The third-order valence-electron chi connectivity index (χ3n) is 5.32. The molecule has 1 unspecified atom stereocenters. The van der Waals surface area contributed by atoms with E-state index >= 15 is 0 Å². The van der Waals surface area contributed by atoms with Crippen LogP contribution in [0.15, 0.2) is 0 Å². The molecule has 0 aromatic heterocycles. The lowest BCUT2D eigenvalue weighted by Gasteiger charge is -2.38. The quantitative estimate of drug-likeness (QED) is 0.795. The largest absolute Gasteiger partial charge is 0.381 e. The van der Waals surface area contributed by atoms with Crippen LogP contribution in [-0.2, 0) is 9.53 Å². The maximum Gasteiger partial charge on any atom is 0.225 e. The van der Waals surface area contributed by atoms with Crippen LogP contribution in [0.1, 0.15) is 44.9 Å². The molecular weight excluding hydrogens is 240 g/mol. The van der Waals surface area contributed by atoms with Gasteiger partial charge in [0.05, 0.1) is 5.92 Å². The van der Waals surface area contributed by atoms with E-state index in [1.165, 1.54) is 32.1 Å². The second-order valence-electron chi connectivity index (χ2n) is 6.50. The minimum absolute atomic E-state index is 0.151. The van der Waals surface area contributed by atoms with Gasteiger partial charge in [-0.1, -0.05) is 19.3 Å². The van der Waals surface area contributed by atoms with Crippen molar-refractivity contribution in [1.29, 1.82) is 0 Å². The zero-order valence-corrected chi connectivity index (χ0v) is 11.7. The van der Waals surface area contributed by atoms with E-state index in [9.17, 15) is 4.79 Å². The van der Waals surface area contributed by atoms with Crippen molar-refractivity contribution in [1.82, 2.24) is 10.6 Å². The lowest BCUT2D eigenvalue weighted by Crippen LogP contribution is -2.47. The van der Waals surface area contributed by atoms with E-state index in [2.05, 4.69) is 10.6 Å². The van der Waals surface area contributed by atoms with Crippen molar-refractivity contribution in [3.05, 3.63) is 0 Å². The summed E-state index contributed by atoms with van der Waals surface area (Å²) in [6, 6.07) is 0.429. The molecule has 1 spiro atoms. The van der Waals surface area contributed by atoms with Gasteiger partial charge in [-0.2, -0.15) is 0 Å². The van der Waals surface area contributed by atoms with Crippen LogP contribution in [0.5, 0.6) is 0 Å². The predicted octanol–water partition coefficient (Wildman–Crippen LogP) is 1.45. The van der Waals surface area contributed by atoms with Crippen LogP contribution in [0.3, 0.4) is 0 Å².